The molecule has 21 heavy (non-hydrogen) atoms. The van der Waals surface area contributed by atoms with Crippen LogP contribution in [0.25, 0.3) is 0 Å². The first-order chi connectivity index (χ1) is 10.1. The Bertz CT molecular complexity index is 438. The van der Waals surface area contributed by atoms with Crippen molar-refractivity contribution in [3.8, 4) is 6.07 Å². The Morgan fingerprint density at radius 1 is 1.29 bits per heavy atom. The molecule has 0 aliphatic carbocycles. The van der Waals surface area contributed by atoms with Crippen LogP contribution in [0.2, 0.25) is 0 Å². The highest BCUT2D eigenvalue weighted by atomic mass is 15.1. The molecule has 1 aromatic rings. The van der Waals surface area contributed by atoms with Gasteiger partial charge in [0.25, 0.3) is 0 Å². The lowest BCUT2D eigenvalue weighted by Crippen LogP contribution is -2.50. The monoisotopic (exact) mass is 287 g/mol. The largest absolute Gasteiger partial charge is 0.303 e. The highest BCUT2D eigenvalue weighted by Crippen LogP contribution is 2.22. The number of nitriles is 1. The van der Waals surface area contributed by atoms with Gasteiger partial charge in [-0.25, -0.2) is 0 Å². The van der Waals surface area contributed by atoms with E-state index in [0.717, 1.165) is 31.5 Å². The Morgan fingerprint density at radius 2 is 1.95 bits per heavy atom. The van der Waals surface area contributed by atoms with E-state index in [9.17, 15) is 5.26 Å². The molecule has 0 aliphatic heterocycles. The standard InChI is InChI=1S/C18H29N3/c1-5-12-20-18(14-19,17-10-8-7-9-11-17)15-21(4)13-16(3)6-2/h7-11,16,20H,5-6,12-13,15H2,1-4H3. The van der Waals surface area contributed by atoms with Gasteiger partial charge < -0.3 is 4.90 Å². The van der Waals surface area contributed by atoms with E-state index in [1.165, 1.54) is 0 Å². The zero-order chi connectivity index (χ0) is 15.7. The van der Waals surface area contributed by atoms with Crippen LogP contribution < -0.4 is 5.32 Å². The second kappa shape index (κ2) is 8.81. The fourth-order valence-electron chi connectivity index (χ4n) is 2.58. The van der Waals surface area contributed by atoms with Gasteiger partial charge in [-0.3, -0.25) is 5.32 Å². The molecule has 0 bridgehead atoms. The average Bonchev–Trinajstić information content (AvgIpc) is 2.52. The van der Waals surface area contributed by atoms with E-state index in [2.05, 4.69) is 44.1 Å². The predicted octanol–water partition coefficient (Wildman–Crippen LogP) is 3.38. The van der Waals surface area contributed by atoms with Crippen molar-refractivity contribution in [1.29, 1.82) is 5.26 Å². The van der Waals surface area contributed by atoms with E-state index in [-0.39, 0.29) is 0 Å². The summed E-state index contributed by atoms with van der Waals surface area (Å²) in [5.74, 6) is 0.647. The second-order valence-electron chi connectivity index (χ2n) is 6.02. The minimum atomic E-state index is -0.626. The van der Waals surface area contributed by atoms with Gasteiger partial charge in [0.05, 0.1) is 6.07 Å². The average molecular weight is 287 g/mol. The van der Waals surface area contributed by atoms with Crippen LogP contribution in [-0.2, 0) is 5.54 Å². The number of hydrogen-bond acceptors (Lipinski definition) is 3. The summed E-state index contributed by atoms with van der Waals surface area (Å²) in [7, 11) is 2.11. The van der Waals surface area contributed by atoms with Crippen LogP contribution in [-0.4, -0.2) is 31.6 Å². The van der Waals surface area contributed by atoms with Crippen molar-refractivity contribution in [1.82, 2.24) is 10.2 Å². The normalized spacial score (nSPS) is 15.4. The molecule has 0 saturated carbocycles. The maximum Gasteiger partial charge on any atom is 0.145 e. The first-order valence-electron chi connectivity index (χ1n) is 7.98. The van der Waals surface area contributed by atoms with Crippen molar-refractivity contribution < 1.29 is 0 Å². The topological polar surface area (TPSA) is 39.1 Å². The minimum absolute atomic E-state index is 0.626. The number of nitrogens with zero attached hydrogens (tertiary/aromatic N) is 2. The molecule has 0 saturated heterocycles. The maximum atomic E-state index is 9.86. The molecule has 2 unspecified atom stereocenters. The summed E-state index contributed by atoms with van der Waals surface area (Å²) in [4.78, 5) is 2.27. The molecule has 1 N–H and O–H groups in total. The summed E-state index contributed by atoms with van der Waals surface area (Å²) in [6, 6.07) is 12.6. The summed E-state index contributed by atoms with van der Waals surface area (Å²) in [6.45, 7) is 9.16. The van der Waals surface area contributed by atoms with Gasteiger partial charge in [0.2, 0.25) is 0 Å². The molecule has 0 aliphatic rings. The number of hydrogen-bond donors (Lipinski definition) is 1. The Hall–Kier alpha value is -1.37. The number of nitrogens with one attached hydrogen (secondary N) is 1. The number of rotatable bonds is 9. The third-order valence-corrected chi connectivity index (χ3v) is 3.96. The smallest absolute Gasteiger partial charge is 0.145 e. The van der Waals surface area contributed by atoms with E-state index >= 15 is 0 Å². The molecule has 0 fully saturated rings. The van der Waals surface area contributed by atoms with Crippen LogP contribution in [0.1, 0.15) is 39.2 Å². The highest BCUT2D eigenvalue weighted by Gasteiger charge is 2.33. The summed E-state index contributed by atoms with van der Waals surface area (Å²) in [5, 5.41) is 13.3. The van der Waals surface area contributed by atoms with Crippen molar-refractivity contribution in [3.63, 3.8) is 0 Å². The Balaban J connectivity index is 2.94. The predicted molar refractivity (Wildman–Crippen MR) is 89.0 cm³/mol. The van der Waals surface area contributed by atoms with Crippen LogP contribution in [0, 0.1) is 17.2 Å². The van der Waals surface area contributed by atoms with Crippen LogP contribution in [0.3, 0.4) is 0 Å². The Labute approximate surface area is 130 Å². The Morgan fingerprint density at radius 3 is 2.48 bits per heavy atom. The van der Waals surface area contributed by atoms with Crippen molar-refractivity contribution in [3.05, 3.63) is 35.9 Å². The van der Waals surface area contributed by atoms with Crippen molar-refractivity contribution in [2.45, 2.75) is 39.2 Å². The lowest BCUT2D eigenvalue weighted by molar-refractivity contribution is 0.221. The van der Waals surface area contributed by atoms with E-state index in [1.807, 2.05) is 30.3 Å². The molecule has 0 amide bonds. The molecule has 0 aromatic heterocycles. The summed E-state index contributed by atoms with van der Waals surface area (Å²) >= 11 is 0. The van der Waals surface area contributed by atoms with Gasteiger partial charge in [-0.1, -0.05) is 57.5 Å². The van der Waals surface area contributed by atoms with Gasteiger partial charge in [-0.2, -0.15) is 5.26 Å². The summed E-state index contributed by atoms with van der Waals surface area (Å²) in [5.41, 5.74) is 0.427. The first kappa shape index (κ1) is 17.7. The molecule has 1 rings (SSSR count). The number of benzene rings is 1. The van der Waals surface area contributed by atoms with Crippen LogP contribution in [0.4, 0.5) is 0 Å². The zero-order valence-corrected chi connectivity index (χ0v) is 13.9. The molecule has 0 spiro atoms. The van der Waals surface area contributed by atoms with Gasteiger partial charge in [-0.15, -0.1) is 0 Å². The van der Waals surface area contributed by atoms with Gasteiger partial charge in [-0.05, 0) is 31.5 Å². The van der Waals surface area contributed by atoms with E-state index in [4.69, 9.17) is 0 Å². The molecule has 0 heterocycles. The van der Waals surface area contributed by atoms with E-state index in [0.29, 0.717) is 12.5 Å². The highest BCUT2D eigenvalue weighted by molar-refractivity contribution is 5.32. The molecule has 0 radical (unpaired) electrons. The summed E-state index contributed by atoms with van der Waals surface area (Å²) < 4.78 is 0. The SMILES string of the molecule is CCCNC(C#N)(CN(C)CC(C)CC)c1ccccc1. The maximum absolute atomic E-state index is 9.86. The van der Waals surface area contributed by atoms with Crippen molar-refractivity contribution in [2.24, 2.45) is 5.92 Å². The molecule has 116 valence electrons. The molecule has 2 atom stereocenters. The third-order valence-electron chi connectivity index (χ3n) is 3.96. The first-order valence-corrected chi connectivity index (χ1v) is 7.98. The molecule has 3 heteroatoms. The Kier molecular flexibility index (Phi) is 7.42. The minimum Gasteiger partial charge on any atom is -0.303 e. The fraction of sp³-hybridized carbons (Fsp3) is 0.611. The van der Waals surface area contributed by atoms with Crippen LogP contribution in [0.15, 0.2) is 30.3 Å². The zero-order valence-electron chi connectivity index (χ0n) is 13.9. The van der Waals surface area contributed by atoms with E-state index in [1.54, 1.807) is 0 Å². The number of likely N-dealkylation sites (N-methyl/N-ethyl adjacent to an activating group) is 1. The molecule has 3 nitrogen and oxygen atoms in total. The summed E-state index contributed by atoms with van der Waals surface area (Å²) in [6.07, 6.45) is 2.18. The molecular weight excluding hydrogens is 258 g/mol. The third kappa shape index (κ3) is 5.15. The van der Waals surface area contributed by atoms with Gasteiger partial charge in [0, 0.05) is 13.1 Å². The fourth-order valence-corrected chi connectivity index (χ4v) is 2.58. The van der Waals surface area contributed by atoms with Gasteiger partial charge >= 0.3 is 0 Å². The quantitative estimate of drug-likeness (QED) is 0.757. The van der Waals surface area contributed by atoms with E-state index < -0.39 is 5.54 Å². The van der Waals surface area contributed by atoms with Crippen LogP contribution >= 0.6 is 0 Å². The lowest BCUT2D eigenvalue weighted by Gasteiger charge is -2.33. The van der Waals surface area contributed by atoms with Gasteiger partial charge in [0.15, 0.2) is 0 Å². The lowest BCUT2D eigenvalue weighted by atomic mass is 9.90. The molecular formula is C18H29N3. The second-order valence-corrected chi connectivity index (χ2v) is 6.02. The van der Waals surface area contributed by atoms with Gasteiger partial charge in [0.1, 0.15) is 5.54 Å². The van der Waals surface area contributed by atoms with Crippen molar-refractivity contribution in [2.75, 3.05) is 26.7 Å². The van der Waals surface area contributed by atoms with Crippen molar-refractivity contribution >= 4 is 0 Å². The molecule has 1 aromatic carbocycles. The van der Waals surface area contributed by atoms with Crippen LogP contribution in [0.5, 0.6) is 0 Å².